The monoisotopic (exact) mass is 236 g/mol. The summed E-state index contributed by atoms with van der Waals surface area (Å²) in [5, 5.41) is 7.93. The van der Waals surface area contributed by atoms with E-state index in [0.717, 1.165) is 13.0 Å². The van der Waals surface area contributed by atoms with Crippen LogP contribution in [0.15, 0.2) is 6.20 Å². The van der Waals surface area contributed by atoms with Crippen LogP contribution in [0.25, 0.3) is 0 Å². The summed E-state index contributed by atoms with van der Waals surface area (Å²) in [6, 6.07) is 0. The van der Waals surface area contributed by atoms with Crippen molar-refractivity contribution in [2.75, 3.05) is 31.5 Å². The highest BCUT2D eigenvalue weighted by molar-refractivity contribution is 5.46. The quantitative estimate of drug-likeness (QED) is 0.766. The summed E-state index contributed by atoms with van der Waals surface area (Å²) < 4.78 is 1.89. The van der Waals surface area contributed by atoms with E-state index in [2.05, 4.69) is 28.4 Å². The van der Waals surface area contributed by atoms with Gasteiger partial charge >= 0.3 is 0 Å². The van der Waals surface area contributed by atoms with E-state index in [1.54, 1.807) is 0 Å². The molecule has 1 aliphatic rings. The minimum atomic E-state index is 0.995. The van der Waals surface area contributed by atoms with Gasteiger partial charge in [0.15, 0.2) is 0 Å². The first kappa shape index (κ1) is 12.4. The Labute approximate surface area is 104 Å². The fraction of sp³-hybridized carbons (Fsp3) is 0.769. The lowest BCUT2D eigenvalue weighted by Gasteiger charge is -2.14. The van der Waals surface area contributed by atoms with Crippen molar-refractivity contribution in [3.8, 4) is 0 Å². The first-order chi connectivity index (χ1) is 8.29. The summed E-state index contributed by atoms with van der Waals surface area (Å²) in [6.07, 6.45) is 7.06. The van der Waals surface area contributed by atoms with E-state index < -0.39 is 0 Å². The van der Waals surface area contributed by atoms with Crippen LogP contribution in [0.4, 0.5) is 5.69 Å². The molecule has 1 aromatic rings. The predicted molar refractivity (Wildman–Crippen MR) is 71.4 cm³/mol. The van der Waals surface area contributed by atoms with Crippen molar-refractivity contribution in [1.82, 2.24) is 14.7 Å². The van der Waals surface area contributed by atoms with Gasteiger partial charge in [-0.3, -0.25) is 4.68 Å². The molecule has 0 spiro atoms. The Morgan fingerprint density at radius 3 is 2.82 bits per heavy atom. The second-order valence-corrected chi connectivity index (χ2v) is 4.85. The maximum Gasteiger partial charge on any atom is 0.0853 e. The van der Waals surface area contributed by atoms with Crippen LogP contribution in [0.1, 0.15) is 31.9 Å². The fourth-order valence-corrected chi connectivity index (χ4v) is 2.48. The van der Waals surface area contributed by atoms with Gasteiger partial charge in [-0.15, -0.1) is 0 Å². The number of anilines is 1. The van der Waals surface area contributed by atoms with Gasteiger partial charge in [0.05, 0.1) is 11.4 Å². The summed E-state index contributed by atoms with van der Waals surface area (Å²) >= 11 is 0. The molecule has 0 radical (unpaired) electrons. The van der Waals surface area contributed by atoms with Gasteiger partial charge in [-0.25, -0.2) is 0 Å². The van der Waals surface area contributed by atoms with E-state index in [1.807, 2.05) is 11.7 Å². The van der Waals surface area contributed by atoms with Crippen molar-refractivity contribution in [2.24, 2.45) is 7.05 Å². The average molecular weight is 236 g/mol. The third kappa shape index (κ3) is 3.46. The molecule has 2 rings (SSSR count). The highest BCUT2D eigenvalue weighted by atomic mass is 15.3. The van der Waals surface area contributed by atoms with Crippen LogP contribution < -0.4 is 5.32 Å². The van der Waals surface area contributed by atoms with Crippen LogP contribution in [-0.4, -0.2) is 40.9 Å². The van der Waals surface area contributed by atoms with Gasteiger partial charge in [-0.1, -0.05) is 6.92 Å². The van der Waals surface area contributed by atoms with Gasteiger partial charge in [0.25, 0.3) is 0 Å². The second kappa shape index (κ2) is 6.05. The van der Waals surface area contributed by atoms with Gasteiger partial charge in [0.1, 0.15) is 0 Å². The zero-order chi connectivity index (χ0) is 12.1. The number of nitrogens with zero attached hydrogens (tertiary/aromatic N) is 3. The third-order valence-electron chi connectivity index (χ3n) is 3.41. The van der Waals surface area contributed by atoms with Crippen LogP contribution in [-0.2, 0) is 13.5 Å². The van der Waals surface area contributed by atoms with Gasteiger partial charge < -0.3 is 10.2 Å². The average Bonchev–Trinajstić information content (AvgIpc) is 2.93. The molecule has 17 heavy (non-hydrogen) atoms. The van der Waals surface area contributed by atoms with E-state index in [-0.39, 0.29) is 0 Å². The third-order valence-corrected chi connectivity index (χ3v) is 3.41. The van der Waals surface area contributed by atoms with Crippen molar-refractivity contribution >= 4 is 5.69 Å². The van der Waals surface area contributed by atoms with Gasteiger partial charge in [-0.05, 0) is 45.3 Å². The van der Waals surface area contributed by atoms with Crippen LogP contribution >= 0.6 is 0 Å². The molecule has 0 aromatic carbocycles. The lowest BCUT2D eigenvalue weighted by molar-refractivity contribution is 0.337. The molecule has 4 nitrogen and oxygen atoms in total. The van der Waals surface area contributed by atoms with E-state index in [1.165, 1.54) is 50.3 Å². The molecule has 1 N–H and O–H groups in total. The van der Waals surface area contributed by atoms with E-state index in [0.29, 0.717) is 0 Å². The number of aromatic nitrogens is 2. The first-order valence-electron chi connectivity index (χ1n) is 6.78. The van der Waals surface area contributed by atoms with Crippen molar-refractivity contribution in [1.29, 1.82) is 0 Å². The smallest absolute Gasteiger partial charge is 0.0853 e. The Kier molecular flexibility index (Phi) is 4.42. The van der Waals surface area contributed by atoms with Gasteiger partial charge in [0, 0.05) is 19.8 Å². The van der Waals surface area contributed by atoms with Gasteiger partial charge in [-0.2, -0.15) is 5.10 Å². The zero-order valence-corrected chi connectivity index (χ0v) is 11.1. The predicted octanol–water partition coefficient (Wildman–Crippen LogP) is 1.88. The topological polar surface area (TPSA) is 33.1 Å². The van der Waals surface area contributed by atoms with Crippen molar-refractivity contribution < 1.29 is 0 Å². The molecule has 96 valence electrons. The Hall–Kier alpha value is -1.03. The molecular formula is C13H24N4. The lowest BCUT2D eigenvalue weighted by atomic mass is 10.3. The summed E-state index contributed by atoms with van der Waals surface area (Å²) in [5.41, 5.74) is 2.38. The molecule has 0 atom stereocenters. The SMILES string of the molecule is CCc1nn(C)cc1NCCCN1CCCC1. The van der Waals surface area contributed by atoms with Crippen molar-refractivity contribution in [3.05, 3.63) is 11.9 Å². The molecule has 1 aliphatic heterocycles. The largest absolute Gasteiger partial charge is 0.382 e. The van der Waals surface area contributed by atoms with E-state index >= 15 is 0 Å². The molecule has 1 saturated heterocycles. The molecular weight excluding hydrogens is 212 g/mol. The van der Waals surface area contributed by atoms with Crippen LogP contribution in [0, 0.1) is 0 Å². The summed E-state index contributed by atoms with van der Waals surface area (Å²) in [7, 11) is 1.98. The van der Waals surface area contributed by atoms with Crippen LogP contribution in [0.3, 0.4) is 0 Å². The highest BCUT2D eigenvalue weighted by Crippen LogP contribution is 2.13. The number of nitrogens with one attached hydrogen (secondary N) is 1. The molecule has 4 heteroatoms. The van der Waals surface area contributed by atoms with Gasteiger partial charge in [0.2, 0.25) is 0 Å². The molecule has 1 aromatic heterocycles. The standard InChI is InChI=1S/C13H24N4/c1-3-12-13(11-16(2)15-12)14-7-6-10-17-8-4-5-9-17/h11,14H,3-10H2,1-2H3. The second-order valence-electron chi connectivity index (χ2n) is 4.85. The normalized spacial score (nSPS) is 16.6. The molecule has 0 bridgehead atoms. The van der Waals surface area contributed by atoms with E-state index in [9.17, 15) is 0 Å². The number of likely N-dealkylation sites (tertiary alicyclic amines) is 1. The Balaban J connectivity index is 1.70. The number of rotatable bonds is 6. The zero-order valence-electron chi connectivity index (χ0n) is 11.1. The number of hydrogen-bond donors (Lipinski definition) is 1. The summed E-state index contributed by atoms with van der Waals surface area (Å²) in [4.78, 5) is 2.56. The Morgan fingerprint density at radius 2 is 2.12 bits per heavy atom. The first-order valence-corrected chi connectivity index (χ1v) is 6.78. The number of hydrogen-bond acceptors (Lipinski definition) is 3. The molecule has 0 unspecified atom stereocenters. The van der Waals surface area contributed by atoms with E-state index in [4.69, 9.17) is 0 Å². The van der Waals surface area contributed by atoms with Crippen molar-refractivity contribution in [2.45, 2.75) is 32.6 Å². The lowest BCUT2D eigenvalue weighted by Crippen LogP contribution is -2.22. The molecule has 1 fully saturated rings. The number of aryl methyl sites for hydroxylation is 2. The fourth-order valence-electron chi connectivity index (χ4n) is 2.48. The minimum Gasteiger partial charge on any atom is -0.382 e. The highest BCUT2D eigenvalue weighted by Gasteiger charge is 2.10. The maximum absolute atomic E-state index is 4.43. The summed E-state index contributed by atoms with van der Waals surface area (Å²) in [6.45, 7) is 7.03. The molecule has 0 amide bonds. The maximum atomic E-state index is 4.43. The van der Waals surface area contributed by atoms with Crippen molar-refractivity contribution in [3.63, 3.8) is 0 Å². The summed E-state index contributed by atoms with van der Waals surface area (Å²) in [5.74, 6) is 0. The van der Waals surface area contributed by atoms with Crippen LogP contribution in [0.2, 0.25) is 0 Å². The minimum absolute atomic E-state index is 0.995. The molecule has 0 aliphatic carbocycles. The molecule has 0 saturated carbocycles. The Morgan fingerprint density at radius 1 is 1.35 bits per heavy atom. The molecule has 2 heterocycles. The Bertz CT molecular complexity index is 339. The van der Waals surface area contributed by atoms with Crippen LogP contribution in [0.5, 0.6) is 0 Å².